The molecule has 9 nitrogen and oxygen atoms in total. The number of aromatic nitrogens is 1. The van der Waals surface area contributed by atoms with Gasteiger partial charge >= 0.3 is 0 Å². The number of likely N-dealkylation sites (N-methyl/N-ethyl adjacent to an activating group) is 1. The number of ether oxygens (including phenoxy) is 1. The molecule has 2 aromatic rings. The lowest BCUT2D eigenvalue weighted by Gasteiger charge is -2.43. The highest BCUT2D eigenvalue weighted by atomic mass is 32.2. The summed E-state index contributed by atoms with van der Waals surface area (Å²) >= 11 is 0. The quantitative estimate of drug-likeness (QED) is 0.746. The first kappa shape index (κ1) is 20.9. The number of anilines is 1. The number of hydrogen-bond donors (Lipinski definition) is 1. The van der Waals surface area contributed by atoms with Crippen molar-refractivity contribution in [2.24, 2.45) is 10.1 Å². The largest absolute Gasteiger partial charge is 0.378 e. The second-order valence-corrected chi connectivity index (χ2v) is 9.66. The van der Waals surface area contributed by atoms with E-state index in [0.717, 1.165) is 54.5 Å². The molecule has 168 valence electrons. The van der Waals surface area contributed by atoms with Crippen molar-refractivity contribution < 1.29 is 13.2 Å². The van der Waals surface area contributed by atoms with Gasteiger partial charge in [0.25, 0.3) is 0 Å². The van der Waals surface area contributed by atoms with E-state index in [1.807, 2.05) is 18.3 Å². The van der Waals surface area contributed by atoms with Crippen LogP contribution in [0.15, 0.2) is 64.3 Å². The number of rotatable bonds is 3. The maximum absolute atomic E-state index is 12.0. The van der Waals surface area contributed by atoms with E-state index in [9.17, 15) is 8.42 Å². The Morgan fingerprint density at radius 3 is 2.66 bits per heavy atom. The van der Waals surface area contributed by atoms with Crippen LogP contribution in [-0.2, 0) is 14.8 Å². The number of nitrogens with two attached hydrogens (primary N) is 1. The third-order valence-electron chi connectivity index (χ3n) is 6.13. The lowest BCUT2D eigenvalue weighted by Crippen LogP contribution is -2.56. The number of nitrogens with zero attached hydrogens (tertiary/aromatic N) is 5. The lowest BCUT2D eigenvalue weighted by molar-refractivity contribution is 0.0620. The van der Waals surface area contributed by atoms with E-state index in [1.54, 1.807) is 18.3 Å². The first-order valence-corrected chi connectivity index (χ1v) is 12.2. The Kier molecular flexibility index (Phi) is 5.36. The van der Waals surface area contributed by atoms with Crippen LogP contribution >= 0.6 is 0 Å². The second kappa shape index (κ2) is 8.19. The van der Waals surface area contributed by atoms with Gasteiger partial charge in [-0.15, -0.1) is 0 Å². The van der Waals surface area contributed by atoms with Gasteiger partial charge in [0.05, 0.1) is 35.7 Å². The molecule has 2 saturated heterocycles. The number of sulfonamides is 1. The first-order chi connectivity index (χ1) is 15.4. The van der Waals surface area contributed by atoms with Crippen molar-refractivity contribution >= 4 is 27.4 Å². The van der Waals surface area contributed by atoms with Crippen LogP contribution < -0.4 is 10.0 Å². The highest BCUT2D eigenvalue weighted by Gasteiger charge is 2.41. The highest BCUT2D eigenvalue weighted by Crippen LogP contribution is 2.39. The van der Waals surface area contributed by atoms with Gasteiger partial charge in [-0.25, -0.2) is 18.5 Å². The molecule has 0 radical (unpaired) electrons. The van der Waals surface area contributed by atoms with Gasteiger partial charge in [-0.05, 0) is 30.7 Å². The highest BCUT2D eigenvalue weighted by molar-refractivity contribution is 7.89. The second-order valence-electron chi connectivity index (χ2n) is 8.10. The zero-order valence-corrected chi connectivity index (χ0v) is 18.7. The van der Waals surface area contributed by atoms with Crippen molar-refractivity contribution in [2.75, 3.05) is 44.8 Å². The van der Waals surface area contributed by atoms with E-state index in [1.165, 1.54) is 6.07 Å². The summed E-state index contributed by atoms with van der Waals surface area (Å²) < 4.78 is 29.5. The summed E-state index contributed by atoms with van der Waals surface area (Å²) in [7, 11) is -1.75. The summed E-state index contributed by atoms with van der Waals surface area (Å²) in [6, 6.07) is 10.7. The molecule has 1 aromatic carbocycles. The summed E-state index contributed by atoms with van der Waals surface area (Å²) in [5, 5.41) is 5.40. The van der Waals surface area contributed by atoms with Gasteiger partial charge in [-0.3, -0.25) is 4.98 Å². The van der Waals surface area contributed by atoms with Crippen molar-refractivity contribution in [2.45, 2.75) is 17.5 Å². The van der Waals surface area contributed by atoms with Gasteiger partial charge in [-0.2, -0.15) is 0 Å². The predicted octanol–water partition coefficient (Wildman–Crippen LogP) is 1.31. The minimum absolute atomic E-state index is 0.0392. The fourth-order valence-electron chi connectivity index (χ4n) is 4.65. The van der Waals surface area contributed by atoms with Crippen LogP contribution in [0.1, 0.15) is 12.0 Å². The monoisotopic (exact) mass is 454 g/mol. The van der Waals surface area contributed by atoms with E-state index in [2.05, 4.69) is 32.8 Å². The van der Waals surface area contributed by atoms with Gasteiger partial charge in [0, 0.05) is 44.0 Å². The number of primary sulfonamides is 1. The van der Waals surface area contributed by atoms with Crippen molar-refractivity contribution in [3.05, 3.63) is 59.9 Å². The van der Waals surface area contributed by atoms with Crippen LogP contribution in [0.25, 0.3) is 5.70 Å². The van der Waals surface area contributed by atoms with Crippen LogP contribution in [-0.4, -0.2) is 75.2 Å². The molecule has 1 atom stereocenters. The molecule has 3 aliphatic rings. The fraction of sp³-hybridized carbons (Fsp3) is 0.364. The molecule has 0 saturated carbocycles. The first-order valence-electron chi connectivity index (χ1n) is 10.6. The maximum atomic E-state index is 12.0. The Morgan fingerprint density at radius 1 is 1.12 bits per heavy atom. The number of benzene rings is 1. The summed E-state index contributed by atoms with van der Waals surface area (Å²) in [5.41, 5.74) is 3.76. The van der Waals surface area contributed by atoms with Crippen LogP contribution in [0.5, 0.6) is 0 Å². The molecule has 3 aliphatic heterocycles. The van der Waals surface area contributed by atoms with E-state index in [4.69, 9.17) is 14.9 Å². The topological polar surface area (TPSA) is 104 Å². The zero-order valence-electron chi connectivity index (χ0n) is 17.9. The molecule has 0 spiro atoms. The fourth-order valence-corrected chi connectivity index (χ4v) is 5.20. The molecule has 2 fully saturated rings. The maximum Gasteiger partial charge on any atom is 0.238 e. The van der Waals surface area contributed by atoms with Gasteiger partial charge in [0.15, 0.2) is 0 Å². The minimum atomic E-state index is -3.81. The van der Waals surface area contributed by atoms with Gasteiger partial charge in [0.2, 0.25) is 16.0 Å². The average molecular weight is 455 g/mol. The molecule has 2 N–H and O–H groups in total. The summed E-state index contributed by atoms with van der Waals surface area (Å²) in [4.78, 5) is 16.2. The van der Waals surface area contributed by atoms with E-state index in [-0.39, 0.29) is 11.1 Å². The molecule has 1 aromatic heterocycles. The molecule has 4 heterocycles. The number of pyridine rings is 1. The molecular weight excluding hydrogens is 428 g/mol. The molecule has 0 aliphatic carbocycles. The Labute approximate surface area is 187 Å². The van der Waals surface area contributed by atoms with Crippen LogP contribution in [0.4, 0.5) is 5.69 Å². The van der Waals surface area contributed by atoms with E-state index >= 15 is 0 Å². The van der Waals surface area contributed by atoms with Crippen LogP contribution in [0.3, 0.4) is 0 Å². The Hall–Kier alpha value is -2.95. The number of guanidine groups is 1. The lowest BCUT2D eigenvalue weighted by atomic mass is 10.0. The Bertz CT molecular complexity index is 1180. The summed E-state index contributed by atoms with van der Waals surface area (Å²) in [5.74, 6) is 0.855. The Balaban J connectivity index is 1.64. The number of morpholine rings is 1. The number of hydrogen-bond acceptors (Lipinski definition) is 8. The number of aliphatic imine (C=N–C) groups is 1. The molecule has 0 bridgehead atoms. The van der Waals surface area contributed by atoms with Gasteiger partial charge in [0.1, 0.15) is 6.17 Å². The zero-order chi connectivity index (χ0) is 22.3. The number of fused-ring (bicyclic) bond motifs is 1. The molecular formula is C22H26N6O3S. The van der Waals surface area contributed by atoms with Gasteiger partial charge in [-0.1, -0.05) is 12.1 Å². The molecule has 1 unspecified atom stereocenters. The Morgan fingerprint density at radius 2 is 1.94 bits per heavy atom. The van der Waals surface area contributed by atoms with E-state index in [0.29, 0.717) is 13.2 Å². The molecule has 32 heavy (non-hydrogen) atoms. The SMILES string of the molecule is CN1C(N2CCOCC2)=NC(c2cccc(S(N)(=O)=O)c2)=C2CCN(c3cccnc3)C21. The minimum Gasteiger partial charge on any atom is -0.378 e. The van der Waals surface area contributed by atoms with E-state index < -0.39 is 10.0 Å². The van der Waals surface area contributed by atoms with Crippen molar-refractivity contribution in [3.8, 4) is 0 Å². The third kappa shape index (κ3) is 3.74. The average Bonchev–Trinajstić information content (AvgIpc) is 3.26. The molecule has 0 amide bonds. The normalized spacial score (nSPS) is 21.6. The molecule has 5 rings (SSSR count). The van der Waals surface area contributed by atoms with Crippen LogP contribution in [0, 0.1) is 0 Å². The van der Waals surface area contributed by atoms with Crippen molar-refractivity contribution in [1.82, 2.24) is 14.8 Å². The predicted molar refractivity (Wildman–Crippen MR) is 122 cm³/mol. The third-order valence-corrected chi connectivity index (χ3v) is 7.05. The van der Waals surface area contributed by atoms with Crippen LogP contribution in [0.2, 0.25) is 0 Å². The standard InChI is InChI=1S/C22H26N6O3S/c1-26-21-19(7-9-28(21)17-5-3-8-24-15-17)20(25-22(26)27-10-12-31-13-11-27)16-4-2-6-18(14-16)32(23,29)30/h2-6,8,14-15,21H,7,9-13H2,1H3,(H2,23,29,30). The molecule has 10 heteroatoms. The van der Waals surface area contributed by atoms with Gasteiger partial charge < -0.3 is 19.4 Å². The van der Waals surface area contributed by atoms with Crippen molar-refractivity contribution in [3.63, 3.8) is 0 Å². The summed E-state index contributed by atoms with van der Waals surface area (Å²) in [6.45, 7) is 3.62. The van der Waals surface area contributed by atoms with Crippen molar-refractivity contribution in [1.29, 1.82) is 0 Å². The summed E-state index contributed by atoms with van der Waals surface area (Å²) in [6.07, 6.45) is 4.42. The smallest absolute Gasteiger partial charge is 0.238 e.